The third-order valence-electron chi connectivity index (χ3n) is 4.65. The molecule has 0 aromatic carbocycles. The Morgan fingerprint density at radius 3 is 2.86 bits per heavy atom. The molecule has 0 radical (unpaired) electrons. The average Bonchev–Trinajstić information content (AvgIpc) is 3.00. The number of amides is 1. The number of pyridine rings is 1. The molecule has 5 nitrogen and oxygen atoms in total. The molecule has 2 aliphatic rings. The van der Waals surface area contributed by atoms with Crippen molar-refractivity contribution in [2.45, 2.75) is 31.7 Å². The first-order chi connectivity index (χ1) is 10.7. The lowest BCUT2D eigenvalue weighted by Crippen LogP contribution is -2.40. The number of rotatable bonds is 4. The van der Waals surface area contributed by atoms with Gasteiger partial charge in [-0.2, -0.15) is 0 Å². The minimum atomic E-state index is 0.216. The van der Waals surface area contributed by atoms with Crippen molar-refractivity contribution in [3.05, 3.63) is 29.6 Å². The summed E-state index contributed by atoms with van der Waals surface area (Å²) in [6.07, 6.45) is 3.68. The van der Waals surface area contributed by atoms with Crippen molar-refractivity contribution in [3.8, 4) is 0 Å². The van der Waals surface area contributed by atoms with Crippen LogP contribution in [0.1, 0.15) is 36.7 Å². The van der Waals surface area contributed by atoms with Crippen LogP contribution in [0.15, 0.2) is 18.2 Å². The van der Waals surface area contributed by atoms with E-state index in [1.807, 2.05) is 11.0 Å². The summed E-state index contributed by atoms with van der Waals surface area (Å²) in [5.74, 6) is 0.216. The number of likely N-dealkylation sites (tertiary alicyclic amines) is 1. The number of morpholine rings is 1. The van der Waals surface area contributed by atoms with E-state index in [0.717, 1.165) is 37.4 Å². The highest BCUT2D eigenvalue weighted by molar-refractivity contribution is 5.76. The summed E-state index contributed by atoms with van der Waals surface area (Å²) >= 11 is 0. The van der Waals surface area contributed by atoms with Crippen LogP contribution in [-0.4, -0.2) is 60.6 Å². The van der Waals surface area contributed by atoms with Gasteiger partial charge in [0.15, 0.2) is 0 Å². The van der Waals surface area contributed by atoms with Crippen LogP contribution in [0.3, 0.4) is 0 Å². The third kappa shape index (κ3) is 3.65. The van der Waals surface area contributed by atoms with Gasteiger partial charge in [-0.1, -0.05) is 6.07 Å². The summed E-state index contributed by atoms with van der Waals surface area (Å²) in [4.78, 5) is 21.3. The molecule has 22 heavy (non-hydrogen) atoms. The number of aryl methyl sites for hydroxylation is 1. The van der Waals surface area contributed by atoms with E-state index in [2.05, 4.69) is 24.1 Å². The predicted molar refractivity (Wildman–Crippen MR) is 84.6 cm³/mol. The number of aromatic nitrogens is 1. The smallest absolute Gasteiger partial charge is 0.223 e. The van der Waals surface area contributed by atoms with Gasteiger partial charge in [-0.3, -0.25) is 14.7 Å². The summed E-state index contributed by atoms with van der Waals surface area (Å²) in [5, 5.41) is 0. The van der Waals surface area contributed by atoms with Gasteiger partial charge in [0.1, 0.15) is 0 Å². The third-order valence-corrected chi connectivity index (χ3v) is 4.65. The van der Waals surface area contributed by atoms with E-state index < -0.39 is 0 Å². The highest BCUT2D eigenvalue weighted by atomic mass is 16.5. The lowest BCUT2D eigenvalue weighted by Gasteiger charge is -2.26. The predicted octanol–water partition coefficient (Wildman–Crippen LogP) is 1.64. The summed E-state index contributed by atoms with van der Waals surface area (Å²) < 4.78 is 5.28. The molecule has 0 N–H and O–H groups in total. The second kappa shape index (κ2) is 7.20. The number of hydrogen-bond acceptors (Lipinski definition) is 4. The normalized spacial score (nSPS) is 23.0. The van der Waals surface area contributed by atoms with E-state index >= 15 is 0 Å². The second-order valence-electron chi connectivity index (χ2n) is 6.19. The maximum Gasteiger partial charge on any atom is 0.223 e. The second-order valence-corrected chi connectivity index (χ2v) is 6.19. The first kappa shape index (κ1) is 15.4. The number of hydrogen-bond donors (Lipinski definition) is 0. The van der Waals surface area contributed by atoms with Gasteiger partial charge in [0, 0.05) is 25.2 Å². The van der Waals surface area contributed by atoms with Crippen LogP contribution >= 0.6 is 0 Å². The van der Waals surface area contributed by atoms with Crippen molar-refractivity contribution in [1.29, 1.82) is 0 Å². The molecule has 1 amide bonds. The zero-order valence-corrected chi connectivity index (χ0v) is 13.3. The Morgan fingerprint density at radius 2 is 2.14 bits per heavy atom. The Labute approximate surface area is 132 Å². The minimum Gasteiger partial charge on any atom is -0.378 e. The summed E-state index contributed by atoms with van der Waals surface area (Å²) in [5.41, 5.74) is 2.18. The van der Waals surface area contributed by atoms with E-state index in [1.165, 1.54) is 12.8 Å². The molecular formula is C17H25N3O2. The Kier molecular flexibility index (Phi) is 5.05. The summed E-state index contributed by atoms with van der Waals surface area (Å²) in [6.45, 7) is 3.91. The summed E-state index contributed by atoms with van der Waals surface area (Å²) in [6, 6.07) is 6.66. The lowest BCUT2D eigenvalue weighted by atomic mass is 10.1. The maximum atomic E-state index is 12.2. The van der Waals surface area contributed by atoms with Crippen LogP contribution in [0.4, 0.5) is 0 Å². The van der Waals surface area contributed by atoms with Crippen molar-refractivity contribution >= 4 is 5.91 Å². The highest BCUT2D eigenvalue weighted by Gasteiger charge is 2.24. The molecule has 2 saturated heterocycles. The van der Waals surface area contributed by atoms with Gasteiger partial charge in [-0.25, -0.2) is 0 Å². The largest absolute Gasteiger partial charge is 0.378 e. The zero-order valence-electron chi connectivity index (χ0n) is 13.3. The molecule has 0 aliphatic carbocycles. The zero-order chi connectivity index (χ0) is 15.4. The molecule has 1 aromatic rings. The molecule has 3 rings (SSSR count). The Morgan fingerprint density at radius 1 is 1.32 bits per heavy atom. The first-order valence-electron chi connectivity index (χ1n) is 8.25. The monoisotopic (exact) mass is 303 g/mol. The van der Waals surface area contributed by atoms with Gasteiger partial charge in [-0.05, 0) is 45.0 Å². The molecule has 2 aliphatic heterocycles. The van der Waals surface area contributed by atoms with Gasteiger partial charge in [0.2, 0.25) is 5.91 Å². The average molecular weight is 303 g/mol. The molecule has 1 aromatic heterocycles. The Balaban J connectivity index is 1.57. The topological polar surface area (TPSA) is 45.7 Å². The SMILES string of the molecule is CN1CCC[C@@H]1c1cccc(CCC(=O)N2CCOCC2)n1. The lowest BCUT2D eigenvalue weighted by molar-refractivity contribution is -0.135. The fraction of sp³-hybridized carbons (Fsp3) is 0.647. The quantitative estimate of drug-likeness (QED) is 0.848. The van der Waals surface area contributed by atoms with Gasteiger partial charge in [-0.15, -0.1) is 0 Å². The molecule has 0 saturated carbocycles. The van der Waals surface area contributed by atoms with E-state index in [4.69, 9.17) is 9.72 Å². The van der Waals surface area contributed by atoms with Gasteiger partial charge < -0.3 is 9.64 Å². The maximum absolute atomic E-state index is 12.2. The molecule has 120 valence electrons. The molecule has 0 bridgehead atoms. The molecule has 5 heteroatoms. The standard InChI is InChI=1S/C17H25N3O2/c1-19-9-3-6-16(19)15-5-2-4-14(18-15)7-8-17(21)20-10-12-22-13-11-20/h2,4-5,16H,3,6-13H2,1H3/t16-/m1/s1. The van der Waals surface area contributed by atoms with E-state index in [9.17, 15) is 4.79 Å². The summed E-state index contributed by atoms with van der Waals surface area (Å²) in [7, 11) is 2.16. The van der Waals surface area contributed by atoms with E-state index in [-0.39, 0.29) is 5.91 Å². The molecule has 1 atom stereocenters. The van der Waals surface area contributed by atoms with Gasteiger partial charge in [0.25, 0.3) is 0 Å². The van der Waals surface area contributed by atoms with E-state index in [0.29, 0.717) is 25.7 Å². The fourth-order valence-electron chi connectivity index (χ4n) is 3.31. The van der Waals surface area contributed by atoms with Crippen LogP contribution in [0.2, 0.25) is 0 Å². The highest BCUT2D eigenvalue weighted by Crippen LogP contribution is 2.29. The van der Waals surface area contributed by atoms with Gasteiger partial charge >= 0.3 is 0 Å². The Hall–Kier alpha value is -1.46. The van der Waals surface area contributed by atoms with E-state index in [1.54, 1.807) is 0 Å². The van der Waals surface area contributed by atoms with Gasteiger partial charge in [0.05, 0.1) is 24.9 Å². The van der Waals surface area contributed by atoms with Crippen molar-refractivity contribution in [2.24, 2.45) is 0 Å². The van der Waals surface area contributed by atoms with Crippen molar-refractivity contribution < 1.29 is 9.53 Å². The number of ether oxygens (including phenoxy) is 1. The number of carbonyl (C=O) groups is 1. The van der Waals surface area contributed by atoms with Crippen LogP contribution < -0.4 is 0 Å². The van der Waals surface area contributed by atoms with Crippen LogP contribution in [0.5, 0.6) is 0 Å². The number of carbonyl (C=O) groups excluding carboxylic acids is 1. The fourth-order valence-corrected chi connectivity index (χ4v) is 3.31. The Bertz CT molecular complexity index is 514. The van der Waals surface area contributed by atoms with Crippen molar-refractivity contribution in [2.75, 3.05) is 39.9 Å². The molecule has 3 heterocycles. The molecule has 0 unspecified atom stereocenters. The van der Waals surface area contributed by atoms with Crippen LogP contribution in [-0.2, 0) is 16.0 Å². The first-order valence-corrected chi connectivity index (χ1v) is 8.25. The number of nitrogens with zero attached hydrogens (tertiary/aromatic N) is 3. The van der Waals surface area contributed by atoms with Crippen LogP contribution in [0, 0.1) is 0 Å². The minimum absolute atomic E-state index is 0.216. The molecule has 0 spiro atoms. The van der Waals surface area contributed by atoms with Crippen molar-refractivity contribution in [3.63, 3.8) is 0 Å². The molecule has 2 fully saturated rings. The van der Waals surface area contributed by atoms with Crippen molar-refractivity contribution in [1.82, 2.24) is 14.8 Å². The van der Waals surface area contributed by atoms with Crippen LogP contribution in [0.25, 0.3) is 0 Å². The molecular weight excluding hydrogens is 278 g/mol.